The molecule has 0 aliphatic carbocycles. The number of benzene rings is 1. The molecule has 0 amide bonds. The number of hydrogen-bond acceptors (Lipinski definition) is 6. The van der Waals surface area contributed by atoms with Gasteiger partial charge in [-0.25, -0.2) is 9.97 Å². The van der Waals surface area contributed by atoms with Gasteiger partial charge in [0.1, 0.15) is 16.1 Å². The predicted molar refractivity (Wildman–Crippen MR) is 101 cm³/mol. The van der Waals surface area contributed by atoms with Crippen LogP contribution in [0.25, 0.3) is 10.3 Å². The molecule has 0 bridgehead atoms. The average molecular weight is 354 g/mol. The first kappa shape index (κ1) is 16.4. The topological polar surface area (TPSA) is 41.5 Å². The molecule has 1 aromatic carbocycles. The number of pyridine rings is 1. The van der Waals surface area contributed by atoms with Gasteiger partial charge >= 0.3 is 0 Å². The molecule has 5 nitrogen and oxygen atoms in total. The quantitative estimate of drug-likeness (QED) is 0.716. The van der Waals surface area contributed by atoms with Crippen LogP contribution in [0.15, 0.2) is 42.6 Å². The molecule has 25 heavy (non-hydrogen) atoms. The Bertz CT molecular complexity index is 800. The standard InChI is InChI=1S/C19H22N4OS/c1-22-10-3-11-23(13-12-22)14-15-5-7-16(8-6-15)24-19-21-17-4-2-9-20-18(17)25-19/h2,4-9H,3,10-14H2,1H3. The summed E-state index contributed by atoms with van der Waals surface area (Å²) in [5.41, 5.74) is 2.20. The zero-order valence-corrected chi connectivity index (χ0v) is 15.2. The van der Waals surface area contributed by atoms with E-state index in [-0.39, 0.29) is 0 Å². The SMILES string of the molecule is CN1CCCN(Cc2ccc(Oc3nc4cccnc4s3)cc2)CC1. The molecule has 3 heterocycles. The van der Waals surface area contributed by atoms with E-state index >= 15 is 0 Å². The van der Waals surface area contributed by atoms with Gasteiger partial charge in [-0.2, -0.15) is 0 Å². The van der Waals surface area contributed by atoms with Crippen molar-refractivity contribution >= 4 is 21.7 Å². The van der Waals surface area contributed by atoms with Crippen molar-refractivity contribution in [2.45, 2.75) is 13.0 Å². The summed E-state index contributed by atoms with van der Waals surface area (Å²) in [6.45, 7) is 5.64. The van der Waals surface area contributed by atoms with Crippen LogP contribution in [0.1, 0.15) is 12.0 Å². The monoisotopic (exact) mass is 354 g/mol. The lowest BCUT2D eigenvalue weighted by Crippen LogP contribution is -2.28. The van der Waals surface area contributed by atoms with Crippen LogP contribution in [0.2, 0.25) is 0 Å². The second-order valence-electron chi connectivity index (χ2n) is 6.49. The maximum Gasteiger partial charge on any atom is 0.281 e. The summed E-state index contributed by atoms with van der Waals surface area (Å²) < 4.78 is 5.89. The van der Waals surface area contributed by atoms with Crippen LogP contribution in [-0.2, 0) is 6.54 Å². The third kappa shape index (κ3) is 4.15. The van der Waals surface area contributed by atoms with Crippen molar-refractivity contribution in [3.8, 4) is 10.9 Å². The number of nitrogens with zero attached hydrogens (tertiary/aromatic N) is 4. The van der Waals surface area contributed by atoms with E-state index in [1.165, 1.54) is 36.4 Å². The highest BCUT2D eigenvalue weighted by Crippen LogP contribution is 2.30. The predicted octanol–water partition coefficient (Wildman–Crippen LogP) is 3.62. The molecule has 3 aromatic rings. The molecule has 130 valence electrons. The van der Waals surface area contributed by atoms with E-state index in [1.54, 1.807) is 6.20 Å². The Labute approximate surface area is 151 Å². The van der Waals surface area contributed by atoms with Gasteiger partial charge in [0.05, 0.1) is 0 Å². The largest absolute Gasteiger partial charge is 0.431 e. The van der Waals surface area contributed by atoms with Gasteiger partial charge < -0.3 is 9.64 Å². The fourth-order valence-electron chi connectivity index (χ4n) is 3.07. The smallest absolute Gasteiger partial charge is 0.281 e. The molecule has 0 unspecified atom stereocenters. The van der Waals surface area contributed by atoms with Crippen molar-refractivity contribution < 1.29 is 4.74 Å². The number of hydrogen-bond donors (Lipinski definition) is 0. The number of likely N-dealkylation sites (N-methyl/N-ethyl adjacent to an activating group) is 1. The van der Waals surface area contributed by atoms with Gasteiger partial charge in [0.2, 0.25) is 0 Å². The maximum atomic E-state index is 5.89. The Balaban J connectivity index is 1.39. The van der Waals surface area contributed by atoms with E-state index in [0.717, 1.165) is 35.7 Å². The van der Waals surface area contributed by atoms with Crippen molar-refractivity contribution in [2.75, 3.05) is 33.2 Å². The Kier molecular flexibility index (Phi) is 4.92. The van der Waals surface area contributed by atoms with Gasteiger partial charge in [-0.1, -0.05) is 23.5 Å². The van der Waals surface area contributed by atoms with Crippen LogP contribution in [0, 0.1) is 0 Å². The molecule has 0 N–H and O–H groups in total. The molecular weight excluding hydrogens is 332 g/mol. The summed E-state index contributed by atoms with van der Waals surface area (Å²) in [7, 11) is 2.20. The Morgan fingerprint density at radius 1 is 1.08 bits per heavy atom. The lowest BCUT2D eigenvalue weighted by Gasteiger charge is -2.20. The van der Waals surface area contributed by atoms with Crippen LogP contribution in [0.3, 0.4) is 0 Å². The van der Waals surface area contributed by atoms with E-state index in [1.807, 2.05) is 24.3 Å². The van der Waals surface area contributed by atoms with E-state index in [9.17, 15) is 0 Å². The van der Waals surface area contributed by atoms with Gasteiger partial charge in [0.15, 0.2) is 0 Å². The van der Waals surface area contributed by atoms with Gasteiger partial charge in [-0.3, -0.25) is 4.90 Å². The molecule has 4 rings (SSSR count). The third-order valence-electron chi connectivity index (χ3n) is 4.49. The minimum Gasteiger partial charge on any atom is -0.431 e. The average Bonchev–Trinajstić information content (AvgIpc) is 2.92. The third-order valence-corrected chi connectivity index (χ3v) is 5.35. The van der Waals surface area contributed by atoms with E-state index in [4.69, 9.17) is 4.74 Å². The van der Waals surface area contributed by atoms with E-state index in [0.29, 0.717) is 5.19 Å². The molecule has 1 aliphatic heterocycles. The molecule has 0 spiro atoms. The Morgan fingerprint density at radius 2 is 1.96 bits per heavy atom. The van der Waals surface area contributed by atoms with Crippen molar-refractivity contribution in [1.82, 2.24) is 19.8 Å². The minimum absolute atomic E-state index is 0.636. The highest BCUT2D eigenvalue weighted by molar-refractivity contribution is 7.19. The van der Waals surface area contributed by atoms with Crippen LogP contribution in [0.4, 0.5) is 0 Å². The molecule has 6 heteroatoms. The molecule has 1 fully saturated rings. The highest BCUT2D eigenvalue weighted by Gasteiger charge is 2.12. The molecule has 0 radical (unpaired) electrons. The Morgan fingerprint density at radius 3 is 2.80 bits per heavy atom. The normalized spacial score (nSPS) is 16.8. The van der Waals surface area contributed by atoms with Gasteiger partial charge in [0, 0.05) is 25.8 Å². The van der Waals surface area contributed by atoms with Crippen LogP contribution < -0.4 is 4.74 Å². The van der Waals surface area contributed by atoms with Crippen LogP contribution in [-0.4, -0.2) is 53.0 Å². The van der Waals surface area contributed by atoms with E-state index < -0.39 is 0 Å². The first-order valence-electron chi connectivity index (χ1n) is 8.65. The number of aromatic nitrogens is 2. The Hall–Kier alpha value is -2.02. The summed E-state index contributed by atoms with van der Waals surface area (Å²) in [4.78, 5) is 14.6. The number of ether oxygens (including phenoxy) is 1. The zero-order valence-electron chi connectivity index (χ0n) is 14.4. The number of thiazole rings is 1. The van der Waals surface area contributed by atoms with Crippen LogP contribution >= 0.6 is 11.3 Å². The fourth-order valence-corrected chi connectivity index (χ4v) is 3.85. The maximum absolute atomic E-state index is 5.89. The summed E-state index contributed by atoms with van der Waals surface area (Å²) in [6.07, 6.45) is 3.02. The summed E-state index contributed by atoms with van der Waals surface area (Å²) in [5.74, 6) is 0.818. The summed E-state index contributed by atoms with van der Waals surface area (Å²) in [6, 6.07) is 12.2. The van der Waals surface area contributed by atoms with E-state index in [2.05, 4.69) is 38.9 Å². The lowest BCUT2D eigenvalue weighted by molar-refractivity contribution is 0.269. The second-order valence-corrected chi connectivity index (χ2v) is 7.43. The lowest BCUT2D eigenvalue weighted by atomic mass is 10.2. The number of rotatable bonds is 4. The zero-order chi connectivity index (χ0) is 17.1. The highest BCUT2D eigenvalue weighted by atomic mass is 32.1. The van der Waals surface area contributed by atoms with Gasteiger partial charge in [-0.15, -0.1) is 0 Å². The first-order chi connectivity index (χ1) is 12.3. The van der Waals surface area contributed by atoms with Gasteiger partial charge in [-0.05, 0) is 56.4 Å². The summed E-state index contributed by atoms with van der Waals surface area (Å²) >= 11 is 1.47. The fraction of sp³-hybridized carbons (Fsp3) is 0.368. The molecular formula is C19H22N4OS. The molecule has 1 aliphatic rings. The molecule has 2 aromatic heterocycles. The molecule has 0 saturated carbocycles. The molecule has 1 saturated heterocycles. The molecule has 0 atom stereocenters. The number of fused-ring (bicyclic) bond motifs is 1. The van der Waals surface area contributed by atoms with Gasteiger partial charge in [0.25, 0.3) is 5.19 Å². The van der Waals surface area contributed by atoms with Crippen molar-refractivity contribution in [2.24, 2.45) is 0 Å². The summed E-state index contributed by atoms with van der Waals surface area (Å²) in [5, 5.41) is 0.636. The minimum atomic E-state index is 0.636. The first-order valence-corrected chi connectivity index (χ1v) is 9.47. The van der Waals surface area contributed by atoms with Crippen molar-refractivity contribution in [1.29, 1.82) is 0 Å². The van der Waals surface area contributed by atoms with Crippen LogP contribution in [0.5, 0.6) is 10.9 Å². The van der Waals surface area contributed by atoms with Crippen molar-refractivity contribution in [3.63, 3.8) is 0 Å². The second kappa shape index (κ2) is 7.47. The van der Waals surface area contributed by atoms with Crippen molar-refractivity contribution in [3.05, 3.63) is 48.2 Å².